The summed E-state index contributed by atoms with van der Waals surface area (Å²) in [6.07, 6.45) is 0. The van der Waals surface area contributed by atoms with E-state index in [9.17, 15) is 0 Å². The first kappa shape index (κ1) is 8.40. The van der Waals surface area contributed by atoms with Crippen molar-refractivity contribution in [2.75, 3.05) is 0 Å². The molecule has 13 heavy (non-hydrogen) atoms. The van der Waals surface area contributed by atoms with Crippen LogP contribution in [0.1, 0.15) is 10.7 Å². The summed E-state index contributed by atoms with van der Waals surface area (Å²) < 4.78 is 0. The summed E-state index contributed by atoms with van der Waals surface area (Å²) in [5, 5.41) is 8.88. The van der Waals surface area contributed by atoms with Gasteiger partial charge in [-0.1, -0.05) is 0 Å². The number of H-pyrrole nitrogens is 1. The third-order valence-corrected chi connectivity index (χ3v) is 2.58. The lowest BCUT2D eigenvalue weighted by Crippen LogP contribution is -1.97. The largest absolute Gasteiger partial charge is 0.324 e. The molecule has 0 unspecified atom stereocenters. The van der Waals surface area contributed by atoms with Crippen molar-refractivity contribution in [1.29, 1.82) is 0 Å². The summed E-state index contributed by atoms with van der Waals surface area (Å²) in [6, 6.07) is 2.06. The molecule has 0 saturated heterocycles. The molecule has 2 aromatic rings. The van der Waals surface area contributed by atoms with E-state index in [1.807, 2.05) is 5.38 Å². The van der Waals surface area contributed by atoms with Crippen molar-refractivity contribution in [1.82, 2.24) is 15.2 Å². The molecule has 4 nitrogen and oxygen atoms in total. The third-order valence-electron chi connectivity index (χ3n) is 1.71. The molecule has 0 amide bonds. The first-order valence-electron chi connectivity index (χ1n) is 3.96. The average Bonchev–Trinajstić information content (AvgIpc) is 2.71. The summed E-state index contributed by atoms with van der Waals surface area (Å²) in [4.78, 5) is 5.49. The van der Waals surface area contributed by atoms with Gasteiger partial charge in [0, 0.05) is 15.8 Å². The number of nitrogens with one attached hydrogen (secondary N) is 1. The normalized spacial score (nSPS) is 10.6. The minimum Gasteiger partial charge on any atom is -0.324 e. The van der Waals surface area contributed by atoms with E-state index >= 15 is 0 Å². The molecule has 2 rings (SSSR count). The molecule has 0 bridgehead atoms. The summed E-state index contributed by atoms with van der Waals surface area (Å²) in [7, 11) is 0. The van der Waals surface area contributed by atoms with Crippen molar-refractivity contribution < 1.29 is 0 Å². The zero-order valence-electron chi connectivity index (χ0n) is 7.24. The second-order valence-corrected chi connectivity index (χ2v) is 3.87. The molecule has 0 radical (unpaired) electrons. The highest BCUT2D eigenvalue weighted by atomic mass is 32.1. The smallest absolute Gasteiger partial charge is 0.182 e. The molecule has 2 aromatic heterocycles. The first-order chi connectivity index (χ1) is 6.29. The molecule has 0 aliphatic heterocycles. The molecule has 0 spiro atoms. The number of rotatable bonds is 2. The highest BCUT2D eigenvalue weighted by molar-refractivity contribution is 7.10. The van der Waals surface area contributed by atoms with E-state index < -0.39 is 0 Å². The van der Waals surface area contributed by atoms with Gasteiger partial charge in [-0.2, -0.15) is 5.10 Å². The predicted molar refractivity (Wildman–Crippen MR) is 52.3 cm³/mol. The molecule has 0 aromatic carbocycles. The highest BCUT2D eigenvalue weighted by Crippen LogP contribution is 2.21. The standard InChI is InChI=1S/C8H10N4S/c1-5-2-6(4-13-5)8-10-7(3-9)11-12-8/h2,4H,3,9H2,1H3,(H,10,11,12). The molecule has 5 heteroatoms. The fourth-order valence-corrected chi connectivity index (χ4v) is 1.76. The average molecular weight is 194 g/mol. The topological polar surface area (TPSA) is 67.6 Å². The summed E-state index contributed by atoms with van der Waals surface area (Å²) in [6.45, 7) is 2.46. The summed E-state index contributed by atoms with van der Waals surface area (Å²) in [5.41, 5.74) is 6.47. The maximum absolute atomic E-state index is 5.42. The van der Waals surface area contributed by atoms with E-state index in [1.54, 1.807) is 11.3 Å². The van der Waals surface area contributed by atoms with E-state index in [-0.39, 0.29) is 0 Å². The van der Waals surface area contributed by atoms with Crippen LogP contribution in [0.5, 0.6) is 0 Å². The van der Waals surface area contributed by atoms with E-state index in [2.05, 4.69) is 28.2 Å². The first-order valence-corrected chi connectivity index (χ1v) is 4.84. The van der Waals surface area contributed by atoms with Gasteiger partial charge in [0.15, 0.2) is 5.82 Å². The van der Waals surface area contributed by atoms with E-state index in [0.29, 0.717) is 6.54 Å². The second kappa shape index (κ2) is 3.27. The molecule has 0 aliphatic carbocycles. The van der Waals surface area contributed by atoms with Gasteiger partial charge in [0.1, 0.15) is 5.82 Å². The van der Waals surface area contributed by atoms with Crippen molar-refractivity contribution in [3.05, 3.63) is 22.1 Å². The monoisotopic (exact) mass is 194 g/mol. The Labute approximate surface area is 79.8 Å². The van der Waals surface area contributed by atoms with Crippen molar-refractivity contribution >= 4 is 11.3 Å². The van der Waals surface area contributed by atoms with Gasteiger partial charge < -0.3 is 5.73 Å². The van der Waals surface area contributed by atoms with Gasteiger partial charge in [0.05, 0.1) is 6.54 Å². The molecular weight excluding hydrogens is 184 g/mol. The van der Waals surface area contributed by atoms with E-state index in [4.69, 9.17) is 5.73 Å². The molecule has 0 atom stereocenters. The van der Waals surface area contributed by atoms with Gasteiger partial charge in [-0.3, -0.25) is 5.10 Å². The number of thiophene rings is 1. The minimum absolute atomic E-state index is 0.399. The predicted octanol–water partition coefficient (Wildman–Crippen LogP) is 1.30. The number of aromatic nitrogens is 3. The van der Waals surface area contributed by atoms with Crippen LogP contribution >= 0.6 is 11.3 Å². The van der Waals surface area contributed by atoms with Gasteiger partial charge in [0.2, 0.25) is 0 Å². The van der Waals surface area contributed by atoms with Crippen molar-refractivity contribution in [2.24, 2.45) is 5.73 Å². The molecular formula is C8H10N4S. The number of aryl methyl sites for hydroxylation is 1. The van der Waals surface area contributed by atoms with Crippen LogP contribution in [-0.2, 0) is 6.54 Å². The molecule has 0 aliphatic rings. The Balaban J connectivity index is 2.35. The molecule has 68 valence electrons. The Kier molecular flexibility index (Phi) is 2.12. The van der Waals surface area contributed by atoms with Gasteiger partial charge >= 0.3 is 0 Å². The quantitative estimate of drug-likeness (QED) is 0.757. The van der Waals surface area contributed by atoms with Crippen LogP contribution in [0.3, 0.4) is 0 Å². The molecule has 0 saturated carbocycles. The SMILES string of the molecule is Cc1cc(-c2n[nH]c(CN)n2)cs1. The fraction of sp³-hybridized carbons (Fsp3) is 0.250. The van der Waals surface area contributed by atoms with Crippen LogP contribution in [0, 0.1) is 6.92 Å². The third kappa shape index (κ3) is 1.61. The molecule has 3 N–H and O–H groups in total. The van der Waals surface area contributed by atoms with E-state index in [0.717, 1.165) is 17.2 Å². The Morgan fingerprint density at radius 2 is 2.46 bits per heavy atom. The van der Waals surface area contributed by atoms with Crippen molar-refractivity contribution in [2.45, 2.75) is 13.5 Å². The maximum Gasteiger partial charge on any atom is 0.182 e. The second-order valence-electron chi connectivity index (χ2n) is 2.76. The van der Waals surface area contributed by atoms with Gasteiger partial charge in [-0.15, -0.1) is 11.3 Å². The van der Waals surface area contributed by atoms with Crippen LogP contribution in [0.25, 0.3) is 11.4 Å². The number of aromatic amines is 1. The summed E-state index contributed by atoms with van der Waals surface area (Å²) in [5.74, 6) is 1.45. The van der Waals surface area contributed by atoms with Crippen LogP contribution in [0.15, 0.2) is 11.4 Å². The van der Waals surface area contributed by atoms with Gasteiger partial charge in [-0.05, 0) is 13.0 Å². The molecule has 2 heterocycles. The number of hydrogen-bond donors (Lipinski definition) is 2. The van der Waals surface area contributed by atoms with Gasteiger partial charge in [0.25, 0.3) is 0 Å². The van der Waals surface area contributed by atoms with Crippen molar-refractivity contribution in [3.63, 3.8) is 0 Å². The van der Waals surface area contributed by atoms with Crippen LogP contribution in [0.4, 0.5) is 0 Å². The zero-order valence-corrected chi connectivity index (χ0v) is 8.06. The lowest BCUT2D eigenvalue weighted by atomic mass is 10.3. The molecule has 0 fully saturated rings. The number of nitrogens with zero attached hydrogens (tertiary/aromatic N) is 2. The zero-order chi connectivity index (χ0) is 9.26. The fourth-order valence-electron chi connectivity index (χ4n) is 1.08. The maximum atomic E-state index is 5.42. The number of hydrogen-bond acceptors (Lipinski definition) is 4. The Hall–Kier alpha value is -1.20. The lowest BCUT2D eigenvalue weighted by molar-refractivity contribution is 0.917. The van der Waals surface area contributed by atoms with Crippen molar-refractivity contribution in [3.8, 4) is 11.4 Å². The lowest BCUT2D eigenvalue weighted by Gasteiger charge is -1.84. The van der Waals surface area contributed by atoms with Crippen LogP contribution in [-0.4, -0.2) is 15.2 Å². The van der Waals surface area contributed by atoms with Crippen LogP contribution in [0.2, 0.25) is 0 Å². The van der Waals surface area contributed by atoms with E-state index in [1.165, 1.54) is 4.88 Å². The number of nitrogens with two attached hydrogens (primary N) is 1. The minimum atomic E-state index is 0.399. The summed E-state index contributed by atoms with van der Waals surface area (Å²) >= 11 is 1.69. The Morgan fingerprint density at radius 1 is 1.62 bits per heavy atom. The Morgan fingerprint density at radius 3 is 3.00 bits per heavy atom. The Bertz CT molecular complexity index is 404. The highest BCUT2D eigenvalue weighted by Gasteiger charge is 2.05. The van der Waals surface area contributed by atoms with Gasteiger partial charge in [-0.25, -0.2) is 4.98 Å². The van der Waals surface area contributed by atoms with Crippen LogP contribution < -0.4 is 5.73 Å².